The van der Waals surface area contributed by atoms with Gasteiger partial charge in [0.2, 0.25) is 0 Å². The molecule has 0 radical (unpaired) electrons. The molecule has 1 aromatic carbocycles. The number of hydrogen-bond donors (Lipinski definition) is 1. The summed E-state index contributed by atoms with van der Waals surface area (Å²) in [5, 5.41) is 1.33. The topological polar surface area (TPSA) is 34.2 Å². The smallest absolute Gasteiger partial charge is 0.0511 e. The highest BCUT2D eigenvalue weighted by atomic mass is 15.1. The van der Waals surface area contributed by atoms with Gasteiger partial charge in [0.1, 0.15) is 0 Å². The molecule has 18 heavy (non-hydrogen) atoms. The van der Waals surface area contributed by atoms with Crippen molar-refractivity contribution in [1.82, 2.24) is 9.47 Å². The van der Waals surface area contributed by atoms with Gasteiger partial charge in [0, 0.05) is 31.2 Å². The number of likely N-dealkylation sites (N-methyl/N-ethyl adjacent to an activating group) is 1. The van der Waals surface area contributed by atoms with Crippen LogP contribution in [-0.4, -0.2) is 30.1 Å². The van der Waals surface area contributed by atoms with Gasteiger partial charge in [0.15, 0.2) is 0 Å². The average Bonchev–Trinajstić information content (AvgIpc) is 2.56. The molecule has 0 amide bonds. The lowest BCUT2D eigenvalue weighted by Crippen LogP contribution is -2.27. The van der Waals surface area contributed by atoms with Crippen LogP contribution in [0.2, 0.25) is 0 Å². The molecule has 1 atom stereocenters. The fourth-order valence-corrected chi connectivity index (χ4v) is 2.87. The van der Waals surface area contributed by atoms with Gasteiger partial charge >= 0.3 is 0 Å². The van der Waals surface area contributed by atoms with Gasteiger partial charge in [0.25, 0.3) is 0 Å². The van der Waals surface area contributed by atoms with Crippen LogP contribution in [0.3, 0.4) is 0 Å². The molecule has 1 heterocycles. The second-order valence-corrected chi connectivity index (χ2v) is 5.39. The Morgan fingerprint density at radius 3 is 2.50 bits per heavy atom. The van der Waals surface area contributed by atoms with Gasteiger partial charge in [-0.1, -0.05) is 11.6 Å². The number of nitrogens with two attached hydrogens (primary N) is 1. The molecule has 98 valence electrons. The van der Waals surface area contributed by atoms with Gasteiger partial charge in [-0.05, 0) is 45.1 Å². The third-order valence-electron chi connectivity index (χ3n) is 3.65. The first kappa shape index (κ1) is 13.1. The summed E-state index contributed by atoms with van der Waals surface area (Å²) in [6.45, 7) is 4.96. The first-order valence-corrected chi connectivity index (χ1v) is 6.38. The summed E-state index contributed by atoms with van der Waals surface area (Å²) in [5.41, 5.74) is 11.2. The quantitative estimate of drug-likeness (QED) is 0.900. The van der Waals surface area contributed by atoms with Crippen LogP contribution in [-0.2, 0) is 7.05 Å². The van der Waals surface area contributed by atoms with Gasteiger partial charge in [-0.3, -0.25) is 0 Å². The monoisotopic (exact) mass is 245 g/mol. The predicted octanol–water partition coefficient (Wildman–Crippen LogP) is 2.36. The summed E-state index contributed by atoms with van der Waals surface area (Å²) < 4.78 is 2.21. The lowest BCUT2D eigenvalue weighted by atomic mass is 10.0. The molecule has 2 N–H and O–H groups in total. The van der Waals surface area contributed by atoms with E-state index in [0.29, 0.717) is 6.54 Å². The lowest BCUT2D eigenvalue weighted by Gasteiger charge is -2.22. The highest BCUT2D eigenvalue weighted by Crippen LogP contribution is 2.30. The van der Waals surface area contributed by atoms with Gasteiger partial charge in [-0.15, -0.1) is 0 Å². The second kappa shape index (κ2) is 4.75. The average molecular weight is 245 g/mol. The van der Waals surface area contributed by atoms with E-state index < -0.39 is 0 Å². The summed E-state index contributed by atoms with van der Waals surface area (Å²) in [5.74, 6) is 0. The van der Waals surface area contributed by atoms with Crippen molar-refractivity contribution in [2.75, 3.05) is 20.6 Å². The van der Waals surface area contributed by atoms with Crippen molar-refractivity contribution in [3.8, 4) is 0 Å². The van der Waals surface area contributed by atoms with Gasteiger partial charge in [-0.25, -0.2) is 0 Å². The maximum atomic E-state index is 5.93. The van der Waals surface area contributed by atoms with E-state index in [1.807, 2.05) is 0 Å². The maximum absolute atomic E-state index is 5.93. The molecule has 3 heteroatoms. The molecule has 3 nitrogen and oxygen atoms in total. The molecule has 0 aliphatic carbocycles. The third-order valence-corrected chi connectivity index (χ3v) is 3.65. The van der Waals surface area contributed by atoms with E-state index in [9.17, 15) is 0 Å². The Hall–Kier alpha value is -1.32. The molecule has 0 aliphatic rings. The van der Waals surface area contributed by atoms with E-state index in [4.69, 9.17) is 5.73 Å². The molecular weight excluding hydrogens is 222 g/mol. The Morgan fingerprint density at radius 1 is 1.28 bits per heavy atom. The number of aryl methyl sites for hydroxylation is 3. The largest absolute Gasteiger partial charge is 0.350 e. The van der Waals surface area contributed by atoms with E-state index in [1.54, 1.807) is 0 Å². The summed E-state index contributed by atoms with van der Waals surface area (Å²) >= 11 is 0. The first-order valence-electron chi connectivity index (χ1n) is 6.38. The number of fused-ring (bicyclic) bond motifs is 1. The molecule has 0 saturated carbocycles. The van der Waals surface area contributed by atoms with Crippen LogP contribution in [0.1, 0.15) is 22.7 Å². The minimum atomic E-state index is 0.273. The van der Waals surface area contributed by atoms with Crippen molar-refractivity contribution in [1.29, 1.82) is 0 Å². The minimum absolute atomic E-state index is 0.273. The number of hydrogen-bond acceptors (Lipinski definition) is 2. The lowest BCUT2D eigenvalue weighted by molar-refractivity contribution is 0.307. The van der Waals surface area contributed by atoms with Crippen LogP contribution in [0.25, 0.3) is 10.9 Å². The fourth-order valence-electron chi connectivity index (χ4n) is 2.87. The predicted molar refractivity (Wildman–Crippen MR) is 77.9 cm³/mol. The van der Waals surface area contributed by atoms with Crippen LogP contribution in [0.15, 0.2) is 18.3 Å². The molecule has 2 aromatic rings. The summed E-state index contributed by atoms with van der Waals surface area (Å²) in [7, 11) is 6.27. The molecule has 1 unspecified atom stereocenters. The zero-order valence-corrected chi connectivity index (χ0v) is 12.0. The fraction of sp³-hybridized carbons (Fsp3) is 0.467. The number of rotatable bonds is 3. The highest BCUT2D eigenvalue weighted by Gasteiger charge is 2.18. The molecule has 1 aromatic heterocycles. The van der Waals surface area contributed by atoms with Crippen LogP contribution >= 0.6 is 0 Å². The number of benzene rings is 1. The van der Waals surface area contributed by atoms with Crippen molar-refractivity contribution in [3.63, 3.8) is 0 Å². The molecule has 2 rings (SSSR count). The van der Waals surface area contributed by atoms with Gasteiger partial charge in [-0.2, -0.15) is 0 Å². The van der Waals surface area contributed by atoms with E-state index >= 15 is 0 Å². The normalized spacial score (nSPS) is 13.5. The second-order valence-electron chi connectivity index (χ2n) is 5.39. The van der Waals surface area contributed by atoms with Crippen molar-refractivity contribution >= 4 is 10.9 Å². The Bertz CT molecular complexity index is 567. The minimum Gasteiger partial charge on any atom is -0.350 e. The van der Waals surface area contributed by atoms with Crippen molar-refractivity contribution in [3.05, 3.63) is 35.0 Å². The highest BCUT2D eigenvalue weighted by molar-refractivity contribution is 5.87. The molecule has 0 spiro atoms. The van der Waals surface area contributed by atoms with Gasteiger partial charge < -0.3 is 15.2 Å². The molecule has 0 bridgehead atoms. The third kappa shape index (κ3) is 2.04. The molecule has 0 fully saturated rings. The standard InChI is InChI=1S/C15H23N3/c1-10-6-11(2)15-12(7-10)13(9-18(15)5)14(8-16)17(3)4/h6-7,9,14H,8,16H2,1-5H3. The van der Waals surface area contributed by atoms with E-state index in [-0.39, 0.29) is 6.04 Å². The summed E-state index contributed by atoms with van der Waals surface area (Å²) in [4.78, 5) is 2.19. The molecule has 0 aliphatic heterocycles. The van der Waals surface area contributed by atoms with Crippen molar-refractivity contribution in [2.24, 2.45) is 12.8 Å². The van der Waals surface area contributed by atoms with Crippen molar-refractivity contribution in [2.45, 2.75) is 19.9 Å². The zero-order valence-electron chi connectivity index (χ0n) is 12.0. The maximum Gasteiger partial charge on any atom is 0.0511 e. The van der Waals surface area contributed by atoms with Crippen molar-refractivity contribution < 1.29 is 0 Å². The van der Waals surface area contributed by atoms with E-state index in [2.05, 4.69) is 62.8 Å². The summed E-state index contributed by atoms with van der Waals surface area (Å²) in [6, 6.07) is 4.78. The van der Waals surface area contributed by atoms with Crippen LogP contribution < -0.4 is 5.73 Å². The first-order chi connectivity index (χ1) is 8.45. The van der Waals surface area contributed by atoms with E-state index in [1.165, 1.54) is 27.6 Å². The number of aromatic nitrogens is 1. The van der Waals surface area contributed by atoms with Crippen LogP contribution in [0, 0.1) is 13.8 Å². The molecule has 0 saturated heterocycles. The van der Waals surface area contributed by atoms with Crippen LogP contribution in [0.5, 0.6) is 0 Å². The summed E-state index contributed by atoms with van der Waals surface area (Å²) in [6.07, 6.45) is 2.22. The SMILES string of the molecule is Cc1cc(C)c2c(c1)c(C(CN)N(C)C)cn2C. The molecular formula is C15H23N3. The Labute approximate surface area is 109 Å². The Balaban J connectivity index is 2.72. The van der Waals surface area contributed by atoms with E-state index in [0.717, 1.165) is 0 Å². The Morgan fingerprint density at radius 2 is 1.94 bits per heavy atom. The zero-order chi connectivity index (χ0) is 13.4. The Kier molecular flexibility index (Phi) is 3.46. The number of nitrogens with zero attached hydrogens (tertiary/aromatic N) is 2. The van der Waals surface area contributed by atoms with Gasteiger partial charge in [0.05, 0.1) is 5.52 Å². The van der Waals surface area contributed by atoms with Crippen LogP contribution in [0.4, 0.5) is 0 Å².